The van der Waals surface area contributed by atoms with Crippen LogP contribution in [-0.4, -0.2) is 33.2 Å². The Balaban J connectivity index is 1.51. The summed E-state index contributed by atoms with van der Waals surface area (Å²) >= 11 is 0. The molecule has 2 heterocycles. The van der Waals surface area contributed by atoms with Gasteiger partial charge in [0.05, 0.1) is 19.3 Å². The van der Waals surface area contributed by atoms with Crippen LogP contribution < -0.4 is 10.1 Å². The monoisotopic (exact) mass is 397 g/mol. The lowest BCUT2D eigenvalue weighted by atomic mass is 10.1. The van der Waals surface area contributed by atoms with Crippen molar-refractivity contribution in [2.45, 2.75) is 52.0 Å². The zero-order valence-corrected chi connectivity index (χ0v) is 17.2. The first-order valence-electron chi connectivity index (χ1n) is 9.80. The van der Waals surface area contributed by atoms with E-state index >= 15 is 0 Å². The molecule has 0 saturated heterocycles. The van der Waals surface area contributed by atoms with Crippen LogP contribution in [0.15, 0.2) is 34.9 Å². The summed E-state index contributed by atoms with van der Waals surface area (Å²) in [6.07, 6.45) is 3.33. The van der Waals surface area contributed by atoms with Crippen molar-refractivity contribution in [3.05, 3.63) is 48.0 Å². The quantitative estimate of drug-likeness (QED) is 0.569. The zero-order valence-electron chi connectivity index (χ0n) is 17.2. The van der Waals surface area contributed by atoms with Gasteiger partial charge in [0.25, 0.3) is 0 Å². The SMILES string of the molecule is CC[C@H](C)c1n[nH]c([C@@H](C)NC(=O)CCc2ncc(-c3ccc(OC)cc3)o2)n1. The number of amides is 1. The van der Waals surface area contributed by atoms with Crippen molar-refractivity contribution >= 4 is 5.91 Å². The predicted molar refractivity (Wildman–Crippen MR) is 108 cm³/mol. The Morgan fingerprint density at radius 2 is 2.03 bits per heavy atom. The van der Waals surface area contributed by atoms with Crippen LogP contribution in [0.5, 0.6) is 5.75 Å². The van der Waals surface area contributed by atoms with Gasteiger partial charge in [0, 0.05) is 24.3 Å². The Hall–Kier alpha value is -3.16. The second-order valence-corrected chi connectivity index (χ2v) is 7.02. The highest BCUT2D eigenvalue weighted by Crippen LogP contribution is 2.23. The molecular formula is C21H27N5O3. The third-order valence-electron chi connectivity index (χ3n) is 4.85. The first-order valence-corrected chi connectivity index (χ1v) is 9.80. The molecule has 2 aromatic heterocycles. The van der Waals surface area contributed by atoms with Crippen LogP contribution in [0.1, 0.15) is 63.1 Å². The van der Waals surface area contributed by atoms with E-state index in [1.807, 2.05) is 31.2 Å². The highest BCUT2D eigenvalue weighted by molar-refractivity contribution is 5.76. The summed E-state index contributed by atoms with van der Waals surface area (Å²) < 4.78 is 10.9. The van der Waals surface area contributed by atoms with E-state index in [0.29, 0.717) is 23.9 Å². The Labute approximate surface area is 170 Å². The van der Waals surface area contributed by atoms with Crippen molar-refractivity contribution in [3.8, 4) is 17.1 Å². The van der Waals surface area contributed by atoms with Crippen LogP contribution >= 0.6 is 0 Å². The second-order valence-electron chi connectivity index (χ2n) is 7.02. The summed E-state index contributed by atoms with van der Waals surface area (Å²) in [6, 6.07) is 7.29. The van der Waals surface area contributed by atoms with E-state index in [4.69, 9.17) is 9.15 Å². The maximum Gasteiger partial charge on any atom is 0.221 e. The standard InChI is InChI=1S/C21H27N5O3/c1-5-13(2)20-24-21(26-25-20)14(3)23-18(27)10-11-19-22-12-17(29-19)15-6-8-16(28-4)9-7-15/h6-9,12-14H,5,10-11H2,1-4H3,(H,23,27)(H,24,25,26)/t13-,14+/m0/s1. The summed E-state index contributed by atoms with van der Waals surface area (Å²) in [5.74, 6) is 3.59. The summed E-state index contributed by atoms with van der Waals surface area (Å²) in [6.45, 7) is 6.05. The maximum absolute atomic E-state index is 12.3. The molecule has 1 aromatic carbocycles. The van der Waals surface area contributed by atoms with Crippen molar-refractivity contribution in [2.75, 3.05) is 7.11 Å². The van der Waals surface area contributed by atoms with Gasteiger partial charge in [-0.15, -0.1) is 0 Å². The van der Waals surface area contributed by atoms with E-state index in [2.05, 4.69) is 39.3 Å². The molecule has 2 N–H and O–H groups in total. The number of nitrogens with one attached hydrogen (secondary N) is 2. The Kier molecular flexibility index (Phi) is 6.64. The molecule has 0 spiro atoms. The molecule has 0 saturated carbocycles. The average molecular weight is 397 g/mol. The van der Waals surface area contributed by atoms with Crippen molar-refractivity contribution < 1.29 is 13.9 Å². The highest BCUT2D eigenvalue weighted by Gasteiger charge is 2.17. The molecule has 0 aliphatic rings. The fourth-order valence-electron chi connectivity index (χ4n) is 2.80. The third kappa shape index (κ3) is 5.22. The fraction of sp³-hybridized carbons (Fsp3) is 0.429. The Morgan fingerprint density at radius 1 is 1.28 bits per heavy atom. The molecule has 154 valence electrons. The minimum atomic E-state index is -0.243. The average Bonchev–Trinajstić information content (AvgIpc) is 3.42. The third-order valence-corrected chi connectivity index (χ3v) is 4.85. The first-order chi connectivity index (χ1) is 14.0. The summed E-state index contributed by atoms with van der Waals surface area (Å²) in [7, 11) is 1.63. The summed E-state index contributed by atoms with van der Waals surface area (Å²) in [5.41, 5.74) is 0.907. The first kappa shape index (κ1) is 20.6. The van der Waals surface area contributed by atoms with Crippen molar-refractivity contribution in [1.29, 1.82) is 0 Å². The number of rotatable bonds is 9. The number of hydrogen-bond donors (Lipinski definition) is 2. The molecule has 1 amide bonds. The van der Waals surface area contributed by atoms with E-state index in [0.717, 1.165) is 23.6 Å². The smallest absolute Gasteiger partial charge is 0.221 e. The number of ether oxygens (including phenoxy) is 1. The number of aryl methyl sites for hydroxylation is 1. The molecule has 3 aromatic rings. The molecule has 0 radical (unpaired) electrons. The summed E-state index contributed by atoms with van der Waals surface area (Å²) in [5, 5.41) is 10.1. The molecule has 29 heavy (non-hydrogen) atoms. The number of nitrogens with zero attached hydrogens (tertiary/aromatic N) is 3. The van der Waals surface area contributed by atoms with Crippen LogP contribution in [0.3, 0.4) is 0 Å². The molecule has 2 atom stereocenters. The number of methoxy groups -OCH3 is 1. The van der Waals surface area contributed by atoms with Gasteiger partial charge in [0.1, 0.15) is 11.6 Å². The topological polar surface area (TPSA) is 106 Å². The second kappa shape index (κ2) is 9.36. The van der Waals surface area contributed by atoms with Crippen molar-refractivity contribution in [1.82, 2.24) is 25.5 Å². The van der Waals surface area contributed by atoms with Crippen LogP contribution in [0.2, 0.25) is 0 Å². The molecule has 0 aliphatic heterocycles. The molecule has 0 aliphatic carbocycles. The van der Waals surface area contributed by atoms with Gasteiger partial charge < -0.3 is 14.5 Å². The van der Waals surface area contributed by atoms with Crippen molar-refractivity contribution in [3.63, 3.8) is 0 Å². The zero-order chi connectivity index (χ0) is 20.8. The van der Waals surface area contributed by atoms with E-state index in [1.54, 1.807) is 13.3 Å². The molecule has 0 fully saturated rings. The minimum absolute atomic E-state index is 0.0943. The number of carbonyl (C=O) groups excluding carboxylic acids is 1. The van der Waals surface area contributed by atoms with E-state index in [9.17, 15) is 4.79 Å². The van der Waals surface area contributed by atoms with Gasteiger partial charge in [-0.2, -0.15) is 5.10 Å². The van der Waals surface area contributed by atoms with Crippen LogP contribution in [0, 0.1) is 0 Å². The predicted octanol–water partition coefficient (Wildman–Crippen LogP) is 3.79. The van der Waals surface area contributed by atoms with Crippen molar-refractivity contribution in [2.24, 2.45) is 0 Å². The lowest BCUT2D eigenvalue weighted by Gasteiger charge is -2.10. The molecule has 3 rings (SSSR count). The van der Waals surface area contributed by atoms with Gasteiger partial charge in [0.2, 0.25) is 5.91 Å². The fourth-order valence-corrected chi connectivity index (χ4v) is 2.80. The minimum Gasteiger partial charge on any atom is -0.497 e. The number of hydrogen-bond acceptors (Lipinski definition) is 6. The molecular weight excluding hydrogens is 370 g/mol. The maximum atomic E-state index is 12.3. The Bertz CT molecular complexity index is 932. The van der Waals surface area contributed by atoms with Gasteiger partial charge in [-0.25, -0.2) is 9.97 Å². The van der Waals surface area contributed by atoms with Crippen LogP contribution in [0.4, 0.5) is 0 Å². The molecule has 0 bridgehead atoms. The van der Waals surface area contributed by atoms with Gasteiger partial charge in [0.15, 0.2) is 17.5 Å². The van der Waals surface area contributed by atoms with Gasteiger partial charge >= 0.3 is 0 Å². The van der Waals surface area contributed by atoms with Gasteiger partial charge in [-0.3, -0.25) is 9.89 Å². The largest absolute Gasteiger partial charge is 0.497 e. The van der Waals surface area contributed by atoms with Gasteiger partial charge in [-0.05, 0) is 37.6 Å². The van der Waals surface area contributed by atoms with E-state index in [1.165, 1.54) is 0 Å². The number of H-pyrrole nitrogens is 1. The van der Waals surface area contributed by atoms with Crippen LogP contribution in [-0.2, 0) is 11.2 Å². The lowest BCUT2D eigenvalue weighted by molar-refractivity contribution is -0.121. The van der Waals surface area contributed by atoms with E-state index < -0.39 is 0 Å². The number of oxazole rings is 1. The number of aromatic nitrogens is 4. The lowest BCUT2D eigenvalue weighted by Crippen LogP contribution is -2.27. The van der Waals surface area contributed by atoms with Gasteiger partial charge in [-0.1, -0.05) is 13.8 Å². The van der Waals surface area contributed by atoms with E-state index in [-0.39, 0.29) is 24.3 Å². The van der Waals surface area contributed by atoms with Crippen LogP contribution in [0.25, 0.3) is 11.3 Å². The molecule has 8 heteroatoms. The highest BCUT2D eigenvalue weighted by atomic mass is 16.5. The number of carbonyl (C=O) groups is 1. The number of aromatic amines is 1. The summed E-state index contributed by atoms with van der Waals surface area (Å²) in [4.78, 5) is 21.0. The Morgan fingerprint density at radius 3 is 2.72 bits per heavy atom. The molecule has 0 unspecified atom stereocenters. The normalized spacial score (nSPS) is 13.1. The molecule has 8 nitrogen and oxygen atoms in total. The number of benzene rings is 1.